The van der Waals surface area contributed by atoms with Crippen molar-refractivity contribution in [2.45, 2.75) is 52.5 Å². The van der Waals surface area contributed by atoms with E-state index in [2.05, 4.69) is 32.8 Å². The molecule has 0 fully saturated rings. The maximum Gasteiger partial charge on any atom is 0.131 e. The number of aryl methyl sites for hydroxylation is 1. The maximum absolute atomic E-state index is 6.27. The molecule has 0 spiro atoms. The lowest BCUT2D eigenvalue weighted by Crippen LogP contribution is -2.04. The van der Waals surface area contributed by atoms with Gasteiger partial charge in [0, 0.05) is 12.1 Å². The lowest BCUT2D eigenvalue weighted by atomic mass is 10.1. The van der Waals surface area contributed by atoms with E-state index in [9.17, 15) is 0 Å². The normalized spacial score (nSPS) is 11.8. The number of hydrogen-bond donors (Lipinski definition) is 0. The van der Waals surface area contributed by atoms with E-state index in [0.29, 0.717) is 22.9 Å². The largest absolute Gasteiger partial charge is 0.253 e. The minimum Gasteiger partial charge on any atom is -0.253 e. The molecule has 1 heterocycles. The van der Waals surface area contributed by atoms with Crippen LogP contribution in [0.2, 0.25) is 5.15 Å². The average molecular weight is 263 g/mol. The van der Waals surface area contributed by atoms with E-state index in [4.69, 9.17) is 23.2 Å². The Morgan fingerprint density at radius 2 is 1.88 bits per heavy atom. The van der Waals surface area contributed by atoms with Gasteiger partial charge in [0.25, 0.3) is 0 Å². The summed E-state index contributed by atoms with van der Waals surface area (Å²) in [5, 5.41) is 5.26. The molecule has 4 heteroatoms. The summed E-state index contributed by atoms with van der Waals surface area (Å²) < 4.78 is 1.88. The second-order valence-corrected chi connectivity index (χ2v) is 5.47. The van der Waals surface area contributed by atoms with Gasteiger partial charge >= 0.3 is 0 Å². The minimum atomic E-state index is 0.367. The summed E-state index contributed by atoms with van der Waals surface area (Å²) in [6, 6.07) is 0. The predicted molar refractivity (Wildman–Crippen MR) is 70.3 cm³/mol. The third-order valence-corrected chi connectivity index (χ3v) is 3.30. The van der Waals surface area contributed by atoms with Gasteiger partial charge in [0.05, 0.1) is 11.6 Å². The Labute approximate surface area is 108 Å². The highest BCUT2D eigenvalue weighted by Crippen LogP contribution is 2.27. The topological polar surface area (TPSA) is 17.8 Å². The first-order chi connectivity index (χ1) is 7.47. The van der Waals surface area contributed by atoms with Crippen LogP contribution in [-0.4, -0.2) is 9.78 Å². The van der Waals surface area contributed by atoms with Crippen molar-refractivity contribution in [3.05, 3.63) is 16.4 Å². The van der Waals surface area contributed by atoms with Gasteiger partial charge in [-0.15, -0.1) is 11.6 Å². The molecule has 16 heavy (non-hydrogen) atoms. The molecule has 0 radical (unpaired) electrons. The van der Waals surface area contributed by atoms with Crippen LogP contribution >= 0.6 is 23.2 Å². The van der Waals surface area contributed by atoms with E-state index >= 15 is 0 Å². The number of aromatic nitrogens is 2. The van der Waals surface area contributed by atoms with Gasteiger partial charge in [-0.25, -0.2) is 0 Å². The molecule has 0 atom stereocenters. The Balaban J connectivity index is 2.94. The molecule has 0 aromatic carbocycles. The molecule has 0 N–H and O–H groups in total. The summed E-state index contributed by atoms with van der Waals surface area (Å²) in [6.07, 6.45) is 1.08. The lowest BCUT2D eigenvalue weighted by molar-refractivity contribution is 0.483. The van der Waals surface area contributed by atoms with Crippen molar-refractivity contribution in [2.24, 2.45) is 5.92 Å². The van der Waals surface area contributed by atoms with Gasteiger partial charge in [-0.2, -0.15) is 5.10 Å². The molecule has 2 nitrogen and oxygen atoms in total. The first-order valence-corrected chi connectivity index (χ1v) is 6.69. The smallest absolute Gasteiger partial charge is 0.131 e. The fourth-order valence-corrected chi connectivity index (χ4v) is 2.23. The molecule has 92 valence electrons. The fourth-order valence-electron chi connectivity index (χ4n) is 1.61. The Kier molecular flexibility index (Phi) is 5.13. The van der Waals surface area contributed by atoms with Gasteiger partial charge in [-0.1, -0.05) is 39.3 Å². The molecule has 0 saturated heterocycles. The van der Waals surface area contributed by atoms with Crippen LogP contribution < -0.4 is 0 Å². The SMILES string of the molecule is CC(C)CCn1nc(C(C)C)c(CCl)c1Cl. The Bertz CT molecular complexity index is 343. The van der Waals surface area contributed by atoms with Gasteiger partial charge in [0.2, 0.25) is 0 Å². The molecule has 1 aromatic rings. The van der Waals surface area contributed by atoms with Crippen LogP contribution in [0.3, 0.4) is 0 Å². The molecule has 0 unspecified atom stereocenters. The Hall–Kier alpha value is -0.210. The van der Waals surface area contributed by atoms with Crippen LogP contribution in [0.25, 0.3) is 0 Å². The maximum atomic E-state index is 6.27. The van der Waals surface area contributed by atoms with E-state index in [1.165, 1.54) is 0 Å². The van der Waals surface area contributed by atoms with Gasteiger partial charge in [-0.3, -0.25) is 4.68 Å². The van der Waals surface area contributed by atoms with Crippen molar-refractivity contribution < 1.29 is 0 Å². The zero-order valence-electron chi connectivity index (χ0n) is 10.4. The van der Waals surface area contributed by atoms with E-state index in [1.54, 1.807) is 0 Å². The fraction of sp³-hybridized carbons (Fsp3) is 0.750. The van der Waals surface area contributed by atoms with Crippen molar-refractivity contribution in [3.8, 4) is 0 Å². The van der Waals surface area contributed by atoms with E-state index in [-0.39, 0.29) is 0 Å². The third-order valence-electron chi connectivity index (χ3n) is 2.61. The molecule has 0 aliphatic carbocycles. The van der Waals surface area contributed by atoms with Crippen molar-refractivity contribution in [3.63, 3.8) is 0 Å². The molecule has 0 bridgehead atoms. The first kappa shape index (κ1) is 13.9. The van der Waals surface area contributed by atoms with E-state index in [0.717, 1.165) is 24.2 Å². The van der Waals surface area contributed by atoms with Crippen LogP contribution in [0.1, 0.15) is 51.3 Å². The molecule has 0 amide bonds. The number of nitrogens with zero attached hydrogens (tertiary/aromatic N) is 2. The van der Waals surface area contributed by atoms with Crippen LogP contribution in [0.5, 0.6) is 0 Å². The van der Waals surface area contributed by atoms with Crippen LogP contribution in [0, 0.1) is 5.92 Å². The first-order valence-electron chi connectivity index (χ1n) is 5.78. The zero-order valence-corrected chi connectivity index (χ0v) is 11.9. The molecule has 0 saturated carbocycles. The van der Waals surface area contributed by atoms with Crippen molar-refractivity contribution in [1.82, 2.24) is 9.78 Å². The highest BCUT2D eigenvalue weighted by molar-refractivity contribution is 6.31. The number of halogens is 2. The highest BCUT2D eigenvalue weighted by atomic mass is 35.5. The minimum absolute atomic E-state index is 0.367. The van der Waals surface area contributed by atoms with Crippen molar-refractivity contribution in [1.29, 1.82) is 0 Å². The second kappa shape index (κ2) is 5.92. The molecule has 0 aliphatic heterocycles. The van der Waals surface area contributed by atoms with Crippen LogP contribution in [0.15, 0.2) is 0 Å². The Morgan fingerprint density at radius 3 is 2.25 bits per heavy atom. The molecular weight excluding hydrogens is 243 g/mol. The molecule has 1 aromatic heterocycles. The zero-order chi connectivity index (χ0) is 12.3. The second-order valence-electron chi connectivity index (χ2n) is 4.85. The standard InChI is InChI=1S/C12H20Cl2N2/c1-8(2)5-6-16-12(14)10(7-13)11(15-16)9(3)4/h8-9H,5-7H2,1-4H3. The van der Waals surface area contributed by atoms with E-state index in [1.807, 2.05) is 4.68 Å². The Morgan fingerprint density at radius 1 is 1.25 bits per heavy atom. The van der Waals surface area contributed by atoms with Gasteiger partial charge in [-0.05, 0) is 18.3 Å². The van der Waals surface area contributed by atoms with Crippen molar-refractivity contribution in [2.75, 3.05) is 0 Å². The summed E-state index contributed by atoms with van der Waals surface area (Å²) in [5.74, 6) is 1.46. The van der Waals surface area contributed by atoms with Crippen LogP contribution in [0.4, 0.5) is 0 Å². The number of hydrogen-bond acceptors (Lipinski definition) is 1. The molecular formula is C12H20Cl2N2. The summed E-state index contributed by atoms with van der Waals surface area (Å²) >= 11 is 12.2. The summed E-state index contributed by atoms with van der Waals surface area (Å²) in [7, 11) is 0. The highest BCUT2D eigenvalue weighted by Gasteiger charge is 2.17. The van der Waals surface area contributed by atoms with Gasteiger partial charge in [0.15, 0.2) is 0 Å². The summed E-state index contributed by atoms with van der Waals surface area (Å²) in [4.78, 5) is 0. The quantitative estimate of drug-likeness (QED) is 0.718. The van der Waals surface area contributed by atoms with Crippen LogP contribution in [-0.2, 0) is 12.4 Å². The lowest BCUT2D eigenvalue weighted by Gasteiger charge is -2.05. The molecule has 1 rings (SSSR count). The third kappa shape index (κ3) is 3.14. The number of alkyl halides is 1. The van der Waals surface area contributed by atoms with Crippen molar-refractivity contribution >= 4 is 23.2 Å². The van der Waals surface area contributed by atoms with E-state index < -0.39 is 0 Å². The average Bonchev–Trinajstić information content (AvgIpc) is 2.52. The summed E-state index contributed by atoms with van der Waals surface area (Å²) in [6.45, 7) is 9.49. The monoisotopic (exact) mass is 262 g/mol. The molecule has 0 aliphatic rings. The number of rotatable bonds is 5. The summed E-state index contributed by atoms with van der Waals surface area (Å²) in [5.41, 5.74) is 2.02. The van der Waals surface area contributed by atoms with Gasteiger partial charge in [0.1, 0.15) is 5.15 Å². The predicted octanol–water partition coefficient (Wildman–Crippen LogP) is 4.44. The van der Waals surface area contributed by atoms with Gasteiger partial charge < -0.3 is 0 Å².